The molecule has 1 aliphatic rings. The van der Waals surface area contributed by atoms with Crippen molar-refractivity contribution in [3.63, 3.8) is 0 Å². The van der Waals surface area contributed by atoms with Crippen molar-refractivity contribution in [2.75, 3.05) is 6.54 Å². The average molecular weight is 250 g/mol. The van der Waals surface area contributed by atoms with E-state index >= 15 is 0 Å². The highest BCUT2D eigenvalue weighted by Gasteiger charge is 2.20. The first-order valence-electron chi connectivity index (χ1n) is 5.90. The lowest BCUT2D eigenvalue weighted by Gasteiger charge is -2.23. The van der Waals surface area contributed by atoms with Gasteiger partial charge in [-0.05, 0) is 37.1 Å². The zero-order valence-corrected chi connectivity index (χ0v) is 10.1. The molecule has 1 aliphatic heterocycles. The Kier molecular flexibility index (Phi) is 3.60. The summed E-state index contributed by atoms with van der Waals surface area (Å²) in [6.07, 6.45) is 1.06. The number of benzene rings is 1. The number of halogens is 1. The summed E-state index contributed by atoms with van der Waals surface area (Å²) < 4.78 is 13.1. The fourth-order valence-corrected chi connectivity index (χ4v) is 1.91. The predicted molar refractivity (Wildman–Crippen MR) is 64.6 cm³/mol. The summed E-state index contributed by atoms with van der Waals surface area (Å²) in [4.78, 5) is 22.9. The summed E-state index contributed by atoms with van der Waals surface area (Å²) in [5, 5.41) is 5.52. The monoisotopic (exact) mass is 250 g/mol. The summed E-state index contributed by atoms with van der Waals surface area (Å²) in [5.41, 5.74) is 0.880. The number of rotatable bonds is 2. The number of carbonyl (C=O) groups is 2. The SMILES string of the molecule is Cc1cc(C(=O)NC2CCC(=O)NC2)ccc1F. The highest BCUT2D eigenvalue weighted by Crippen LogP contribution is 2.10. The summed E-state index contributed by atoms with van der Waals surface area (Å²) in [7, 11) is 0. The first kappa shape index (κ1) is 12.5. The van der Waals surface area contributed by atoms with E-state index in [1.807, 2.05) is 0 Å². The van der Waals surface area contributed by atoms with Gasteiger partial charge in [0.2, 0.25) is 5.91 Å². The van der Waals surface area contributed by atoms with Crippen LogP contribution < -0.4 is 10.6 Å². The minimum absolute atomic E-state index is 0.0122. The van der Waals surface area contributed by atoms with Crippen LogP contribution in [0.25, 0.3) is 0 Å². The molecule has 1 atom stereocenters. The first-order valence-corrected chi connectivity index (χ1v) is 5.90. The molecule has 1 heterocycles. The Labute approximate surface area is 105 Å². The third kappa shape index (κ3) is 2.85. The number of amides is 2. The van der Waals surface area contributed by atoms with E-state index in [1.54, 1.807) is 6.92 Å². The van der Waals surface area contributed by atoms with Crippen molar-refractivity contribution in [1.29, 1.82) is 0 Å². The van der Waals surface area contributed by atoms with Crippen molar-refractivity contribution < 1.29 is 14.0 Å². The lowest BCUT2D eigenvalue weighted by atomic mass is 10.1. The topological polar surface area (TPSA) is 58.2 Å². The van der Waals surface area contributed by atoms with Crippen molar-refractivity contribution in [2.24, 2.45) is 0 Å². The van der Waals surface area contributed by atoms with Crippen LogP contribution in [0.3, 0.4) is 0 Å². The third-order valence-electron chi connectivity index (χ3n) is 3.02. The number of nitrogens with one attached hydrogen (secondary N) is 2. The second kappa shape index (κ2) is 5.16. The molecular formula is C13H15FN2O2. The third-order valence-corrected chi connectivity index (χ3v) is 3.02. The molecule has 2 amide bonds. The molecule has 0 aliphatic carbocycles. The van der Waals surface area contributed by atoms with Crippen molar-refractivity contribution in [2.45, 2.75) is 25.8 Å². The summed E-state index contributed by atoms with van der Waals surface area (Å²) in [6, 6.07) is 4.21. The van der Waals surface area contributed by atoms with Crippen LogP contribution in [0.2, 0.25) is 0 Å². The minimum atomic E-state index is -0.323. The molecule has 1 fully saturated rings. The summed E-state index contributed by atoms with van der Waals surface area (Å²) in [5.74, 6) is -0.547. The Hall–Kier alpha value is -1.91. The average Bonchev–Trinajstić information content (AvgIpc) is 2.35. The molecule has 0 bridgehead atoms. The van der Waals surface area contributed by atoms with Gasteiger partial charge in [0.05, 0.1) is 0 Å². The van der Waals surface area contributed by atoms with E-state index in [0.29, 0.717) is 30.5 Å². The molecule has 4 nitrogen and oxygen atoms in total. The van der Waals surface area contributed by atoms with Gasteiger partial charge in [0, 0.05) is 24.6 Å². The van der Waals surface area contributed by atoms with Gasteiger partial charge in [-0.2, -0.15) is 0 Å². The van der Waals surface area contributed by atoms with Crippen LogP contribution >= 0.6 is 0 Å². The predicted octanol–water partition coefficient (Wildman–Crippen LogP) is 1.14. The van der Waals surface area contributed by atoms with E-state index in [0.717, 1.165) is 0 Å². The second-order valence-corrected chi connectivity index (χ2v) is 4.48. The quantitative estimate of drug-likeness (QED) is 0.827. The number of hydrogen-bond acceptors (Lipinski definition) is 2. The van der Waals surface area contributed by atoms with Gasteiger partial charge in [-0.25, -0.2) is 4.39 Å². The Balaban J connectivity index is 1.99. The van der Waals surface area contributed by atoms with Crippen molar-refractivity contribution in [1.82, 2.24) is 10.6 Å². The maximum absolute atomic E-state index is 13.1. The van der Waals surface area contributed by atoms with Crippen LogP contribution in [0.4, 0.5) is 4.39 Å². The smallest absolute Gasteiger partial charge is 0.251 e. The molecule has 1 saturated heterocycles. The standard InChI is InChI=1S/C13H15FN2O2/c1-8-6-9(2-4-11(8)14)13(18)16-10-3-5-12(17)15-7-10/h2,4,6,10H,3,5,7H2,1H3,(H,15,17)(H,16,18). The molecule has 1 aromatic rings. The van der Waals surface area contributed by atoms with Crippen LogP contribution in [-0.4, -0.2) is 24.4 Å². The van der Waals surface area contributed by atoms with E-state index in [2.05, 4.69) is 10.6 Å². The van der Waals surface area contributed by atoms with Gasteiger partial charge in [-0.1, -0.05) is 0 Å². The van der Waals surface area contributed by atoms with Gasteiger partial charge in [-0.15, -0.1) is 0 Å². The van der Waals surface area contributed by atoms with E-state index in [1.165, 1.54) is 18.2 Å². The van der Waals surface area contributed by atoms with Gasteiger partial charge in [-0.3, -0.25) is 9.59 Å². The molecule has 0 saturated carbocycles. The molecule has 2 rings (SSSR count). The Morgan fingerprint density at radius 2 is 2.28 bits per heavy atom. The van der Waals surface area contributed by atoms with Crippen LogP contribution in [-0.2, 0) is 4.79 Å². The molecule has 5 heteroatoms. The largest absolute Gasteiger partial charge is 0.354 e. The Morgan fingerprint density at radius 3 is 2.89 bits per heavy atom. The molecule has 1 aromatic carbocycles. The Bertz CT molecular complexity index is 478. The fraction of sp³-hybridized carbons (Fsp3) is 0.385. The summed E-state index contributed by atoms with van der Waals surface area (Å²) in [6.45, 7) is 2.07. The van der Waals surface area contributed by atoms with Crippen LogP contribution in [0.1, 0.15) is 28.8 Å². The molecule has 0 aromatic heterocycles. The van der Waals surface area contributed by atoms with Crippen LogP contribution in [0.5, 0.6) is 0 Å². The highest BCUT2D eigenvalue weighted by atomic mass is 19.1. The van der Waals surface area contributed by atoms with Gasteiger partial charge in [0.25, 0.3) is 5.91 Å². The molecule has 0 spiro atoms. The maximum atomic E-state index is 13.1. The van der Waals surface area contributed by atoms with Crippen molar-refractivity contribution in [3.8, 4) is 0 Å². The highest BCUT2D eigenvalue weighted by molar-refractivity contribution is 5.94. The van der Waals surface area contributed by atoms with E-state index < -0.39 is 0 Å². The molecule has 96 valence electrons. The van der Waals surface area contributed by atoms with Crippen molar-refractivity contribution in [3.05, 3.63) is 35.1 Å². The number of aryl methyl sites for hydroxylation is 1. The van der Waals surface area contributed by atoms with Gasteiger partial charge in [0.1, 0.15) is 5.82 Å². The molecule has 1 unspecified atom stereocenters. The summed E-state index contributed by atoms with van der Waals surface area (Å²) >= 11 is 0. The van der Waals surface area contributed by atoms with Gasteiger partial charge < -0.3 is 10.6 Å². The van der Waals surface area contributed by atoms with Crippen LogP contribution in [0.15, 0.2) is 18.2 Å². The normalized spacial score (nSPS) is 19.2. The second-order valence-electron chi connectivity index (χ2n) is 4.48. The van der Waals surface area contributed by atoms with Gasteiger partial charge in [0.15, 0.2) is 0 Å². The molecule has 2 N–H and O–H groups in total. The maximum Gasteiger partial charge on any atom is 0.251 e. The molecule has 18 heavy (non-hydrogen) atoms. The number of carbonyl (C=O) groups excluding carboxylic acids is 2. The van der Waals surface area contributed by atoms with E-state index in [9.17, 15) is 14.0 Å². The number of hydrogen-bond donors (Lipinski definition) is 2. The Morgan fingerprint density at radius 1 is 1.50 bits per heavy atom. The van der Waals surface area contributed by atoms with Crippen LogP contribution in [0, 0.1) is 12.7 Å². The van der Waals surface area contributed by atoms with E-state index in [4.69, 9.17) is 0 Å². The minimum Gasteiger partial charge on any atom is -0.354 e. The molecular weight excluding hydrogens is 235 g/mol. The lowest BCUT2D eigenvalue weighted by molar-refractivity contribution is -0.122. The zero-order chi connectivity index (χ0) is 13.1. The molecule has 0 radical (unpaired) electrons. The van der Waals surface area contributed by atoms with Gasteiger partial charge >= 0.3 is 0 Å². The fourth-order valence-electron chi connectivity index (χ4n) is 1.91. The van der Waals surface area contributed by atoms with Crippen molar-refractivity contribution >= 4 is 11.8 Å². The first-order chi connectivity index (χ1) is 8.56. The van der Waals surface area contributed by atoms with E-state index in [-0.39, 0.29) is 23.7 Å². The lowest BCUT2D eigenvalue weighted by Crippen LogP contribution is -2.47. The zero-order valence-electron chi connectivity index (χ0n) is 10.1. The number of piperidine rings is 1.